The molecule has 0 aromatic rings. The fourth-order valence-electron chi connectivity index (χ4n) is 2.15. The Kier molecular flexibility index (Phi) is 4.97. The molecule has 2 unspecified atom stereocenters. The maximum absolute atomic E-state index is 12.5. The lowest BCUT2D eigenvalue weighted by Gasteiger charge is -2.33. The quantitative estimate of drug-likeness (QED) is 0.801. The molecule has 6 heteroatoms. The zero-order chi connectivity index (χ0) is 13.2. The Balaban J connectivity index is 1.90. The average molecular weight is 292 g/mol. The highest BCUT2D eigenvalue weighted by molar-refractivity contribution is 8.00. The van der Waals surface area contributed by atoms with Gasteiger partial charge in [-0.1, -0.05) is 6.92 Å². The van der Waals surface area contributed by atoms with E-state index in [1.54, 1.807) is 4.31 Å². The van der Waals surface area contributed by atoms with Crippen LogP contribution in [-0.4, -0.2) is 54.7 Å². The number of nitrogens with one attached hydrogen (secondary N) is 1. The Hall–Kier alpha value is 0.220. The Morgan fingerprint density at radius 3 is 2.78 bits per heavy atom. The van der Waals surface area contributed by atoms with Gasteiger partial charge in [-0.05, 0) is 26.2 Å². The molecule has 0 aromatic carbocycles. The summed E-state index contributed by atoms with van der Waals surface area (Å²) in [5.41, 5.74) is 0. The van der Waals surface area contributed by atoms with Crippen molar-refractivity contribution < 1.29 is 8.42 Å². The fraction of sp³-hybridized carbons (Fsp3) is 1.00. The van der Waals surface area contributed by atoms with E-state index >= 15 is 0 Å². The Bertz CT molecular complexity index is 368. The van der Waals surface area contributed by atoms with E-state index in [1.165, 1.54) is 12.8 Å². The lowest BCUT2D eigenvalue weighted by molar-refractivity contribution is 0.407. The van der Waals surface area contributed by atoms with Gasteiger partial charge in [-0.25, -0.2) is 8.42 Å². The first-order valence-corrected chi connectivity index (χ1v) is 9.43. The molecule has 0 radical (unpaired) electrons. The third-order valence-electron chi connectivity index (χ3n) is 3.70. The van der Waals surface area contributed by atoms with Crippen LogP contribution >= 0.6 is 11.8 Å². The maximum atomic E-state index is 12.5. The molecule has 1 saturated heterocycles. The Labute approximate surface area is 115 Å². The van der Waals surface area contributed by atoms with Crippen LogP contribution in [0.5, 0.6) is 0 Å². The first-order chi connectivity index (χ1) is 8.54. The highest BCUT2D eigenvalue weighted by Gasteiger charge is 2.33. The number of thioether (sulfide) groups is 1. The molecule has 0 bridgehead atoms. The van der Waals surface area contributed by atoms with Gasteiger partial charge in [0.05, 0.1) is 5.25 Å². The van der Waals surface area contributed by atoms with Gasteiger partial charge in [0.15, 0.2) is 0 Å². The number of hydrogen-bond acceptors (Lipinski definition) is 4. The lowest BCUT2D eigenvalue weighted by Crippen LogP contribution is -2.47. The van der Waals surface area contributed by atoms with E-state index in [-0.39, 0.29) is 5.25 Å². The second-order valence-corrected chi connectivity index (χ2v) is 9.06. The molecule has 1 saturated carbocycles. The molecule has 4 nitrogen and oxygen atoms in total. The fourth-order valence-corrected chi connectivity index (χ4v) is 5.09. The van der Waals surface area contributed by atoms with Crippen LogP contribution in [0.25, 0.3) is 0 Å². The highest BCUT2D eigenvalue weighted by atomic mass is 32.2. The summed E-state index contributed by atoms with van der Waals surface area (Å²) in [6.07, 6.45) is 3.45. The van der Waals surface area contributed by atoms with E-state index in [4.69, 9.17) is 0 Å². The summed E-state index contributed by atoms with van der Waals surface area (Å²) in [6.45, 7) is 5.92. The van der Waals surface area contributed by atoms with Crippen molar-refractivity contribution in [1.82, 2.24) is 9.62 Å². The normalized spacial score (nSPS) is 28.2. The van der Waals surface area contributed by atoms with Crippen molar-refractivity contribution in [2.75, 3.05) is 25.4 Å². The molecular formula is C12H24N2O2S2. The van der Waals surface area contributed by atoms with E-state index in [0.29, 0.717) is 30.9 Å². The lowest BCUT2D eigenvalue weighted by atomic mass is 10.3. The summed E-state index contributed by atoms with van der Waals surface area (Å²) in [4.78, 5) is 0. The van der Waals surface area contributed by atoms with Crippen LogP contribution in [0.1, 0.15) is 33.1 Å². The molecule has 1 aliphatic heterocycles. The molecule has 0 aromatic heterocycles. The molecule has 0 amide bonds. The van der Waals surface area contributed by atoms with Crippen molar-refractivity contribution >= 4 is 21.8 Å². The van der Waals surface area contributed by atoms with Gasteiger partial charge in [0.25, 0.3) is 0 Å². The van der Waals surface area contributed by atoms with Crippen molar-refractivity contribution in [2.45, 2.75) is 49.7 Å². The van der Waals surface area contributed by atoms with Gasteiger partial charge < -0.3 is 5.32 Å². The van der Waals surface area contributed by atoms with E-state index in [2.05, 4.69) is 12.2 Å². The standard InChI is InChI=1S/C12H24N2O2S2/c1-3-12-9-14(6-7-17-12)18(15,16)10(2)8-13-11-4-5-11/h10-13H,3-9H2,1-2H3. The zero-order valence-electron chi connectivity index (χ0n) is 11.3. The van der Waals surface area contributed by atoms with Gasteiger partial charge in [0.2, 0.25) is 10.0 Å². The Morgan fingerprint density at radius 2 is 2.17 bits per heavy atom. The van der Waals surface area contributed by atoms with Crippen LogP contribution in [-0.2, 0) is 10.0 Å². The summed E-state index contributed by atoms with van der Waals surface area (Å²) < 4.78 is 26.6. The monoisotopic (exact) mass is 292 g/mol. The van der Waals surface area contributed by atoms with Crippen LogP contribution in [0, 0.1) is 0 Å². The smallest absolute Gasteiger partial charge is 0.218 e. The summed E-state index contributed by atoms with van der Waals surface area (Å²) in [6, 6.07) is 0.572. The Morgan fingerprint density at radius 1 is 1.44 bits per heavy atom. The zero-order valence-corrected chi connectivity index (χ0v) is 12.9. The molecule has 2 rings (SSSR count). The number of sulfonamides is 1. The molecule has 1 aliphatic carbocycles. The summed E-state index contributed by atoms with van der Waals surface area (Å²) >= 11 is 1.90. The molecule has 1 heterocycles. The highest BCUT2D eigenvalue weighted by Crippen LogP contribution is 2.25. The first-order valence-electron chi connectivity index (χ1n) is 6.88. The molecule has 2 atom stereocenters. The topological polar surface area (TPSA) is 49.4 Å². The second-order valence-electron chi connectivity index (χ2n) is 5.30. The van der Waals surface area contributed by atoms with Crippen LogP contribution in [0.15, 0.2) is 0 Å². The maximum Gasteiger partial charge on any atom is 0.218 e. The van der Waals surface area contributed by atoms with Gasteiger partial charge in [-0.2, -0.15) is 16.1 Å². The van der Waals surface area contributed by atoms with E-state index in [1.807, 2.05) is 18.7 Å². The number of hydrogen-bond donors (Lipinski definition) is 1. The average Bonchev–Trinajstić information content (AvgIpc) is 3.20. The second kappa shape index (κ2) is 6.11. The third-order valence-corrected chi connectivity index (χ3v) is 7.30. The van der Waals surface area contributed by atoms with Crippen LogP contribution in [0.2, 0.25) is 0 Å². The van der Waals surface area contributed by atoms with Gasteiger partial charge in [-0.15, -0.1) is 0 Å². The van der Waals surface area contributed by atoms with Crippen molar-refractivity contribution in [3.63, 3.8) is 0 Å². The minimum atomic E-state index is -3.12. The van der Waals surface area contributed by atoms with Gasteiger partial charge in [-0.3, -0.25) is 0 Å². The van der Waals surface area contributed by atoms with Crippen molar-refractivity contribution in [3.8, 4) is 0 Å². The van der Waals surface area contributed by atoms with E-state index in [0.717, 1.165) is 12.2 Å². The van der Waals surface area contributed by atoms with Crippen molar-refractivity contribution in [1.29, 1.82) is 0 Å². The largest absolute Gasteiger partial charge is 0.313 e. The molecule has 2 aliphatic rings. The summed E-state index contributed by atoms with van der Waals surface area (Å²) in [5.74, 6) is 0.931. The van der Waals surface area contributed by atoms with Gasteiger partial charge in [0.1, 0.15) is 0 Å². The first kappa shape index (κ1) is 14.6. The van der Waals surface area contributed by atoms with Crippen LogP contribution in [0.3, 0.4) is 0 Å². The number of nitrogens with zero attached hydrogens (tertiary/aromatic N) is 1. The van der Waals surface area contributed by atoms with Crippen LogP contribution < -0.4 is 5.32 Å². The molecule has 2 fully saturated rings. The predicted octanol–water partition coefficient (Wildman–Crippen LogP) is 1.28. The van der Waals surface area contributed by atoms with Crippen LogP contribution in [0.4, 0.5) is 0 Å². The third kappa shape index (κ3) is 3.62. The predicted molar refractivity (Wildman–Crippen MR) is 77.5 cm³/mol. The van der Waals surface area contributed by atoms with Gasteiger partial charge in [0, 0.05) is 36.7 Å². The minimum absolute atomic E-state index is 0.307. The molecule has 1 N–H and O–H groups in total. The molecule has 106 valence electrons. The SMILES string of the molecule is CCC1CN(S(=O)(=O)C(C)CNC2CC2)CCS1. The molecule has 18 heavy (non-hydrogen) atoms. The number of rotatable bonds is 6. The van der Waals surface area contributed by atoms with Crippen molar-refractivity contribution in [2.24, 2.45) is 0 Å². The summed E-state index contributed by atoms with van der Waals surface area (Å²) in [5, 5.41) is 3.48. The summed E-state index contributed by atoms with van der Waals surface area (Å²) in [7, 11) is -3.12. The van der Waals surface area contributed by atoms with E-state index in [9.17, 15) is 8.42 Å². The van der Waals surface area contributed by atoms with Crippen molar-refractivity contribution in [3.05, 3.63) is 0 Å². The van der Waals surface area contributed by atoms with Gasteiger partial charge >= 0.3 is 0 Å². The van der Waals surface area contributed by atoms with E-state index < -0.39 is 10.0 Å². The molecular weight excluding hydrogens is 268 g/mol. The molecule has 0 spiro atoms. The minimum Gasteiger partial charge on any atom is -0.313 e.